The number of anilines is 1. The molecule has 4 heterocycles. The number of hydrogen-bond acceptors (Lipinski definition) is 15. The van der Waals surface area contributed by atoms with Crippen molar-refractivity contribution < 1.29 is 39.0 Å². The Morgan fingerprint density at radius 2 is 2.10 bits per heavy atom. The number of nitrogens with one attached hydrogen (secondary N) is 1. The van der Waals surface area contributed by atoms with E-state index in [-0.39, 0.29) is 62.5 Å². The molecule has 18 heteroatoms. The molecule has 0 bridgehead atoms. The highest BCUT2D eigenvalue weighted by molar-refractivity contribution is 8.01. The predicted molar refractivity (Wildman–Crippen MR) is 153 cm³/mol. The number of nitrogens with zero attached hydrogens (tertiary/aromatic N) is 5. The van der Waals surface area contributed by atoms with Crippen LogP contribution in [-0.4, -0.2) is 87.9 Å². The number of thiazole rings is 1. The molecule has 2 aromatic heterocycles. The molecule has 3 aromatic rings. The number of amides is 2. The van der Waals surface area contributed by atoms with Crippen LogP contribution in [0.5, 0.6) is 11.5 Å². The highest BCUT2D eigenvalue weighted by atomic mass is 32.2. The summed E-state index contributed by atoms with van der Waals surface area (Å²) >= 11 is 3.49. The van der Waals surface area contributed by atoms with Crippen molar-refractivity contribution in [3.63, 3.8) is 0 Å². The molecule has 0 radical (unpaired) electrons. The molecule has 1 aromatic carbocycles. The van der Waals surface area contributed by atoms with Crippen molar-refractivity contribution in [1.29, 1.82) is 0 Å². The number of β-lactam (4-membered cyclic amide) rings is 1. The van der Waals surface area contributed by atoms with Crippen LogP contribution in [0.4, 0.5) is 5.13 Å². The average Bonchev–Trinajstić information content (AvgIpc) is 3.60. The smallest absolute Gasteiger partial charge is 0.352 e. The zero-order valence-corrected chi connectivity index (χ0v) is 24.3. The van der Waals surface area contributed by atoms with Crippen molar-refractivity contribution >= 4 is 63.5 Å². The number of carbonyl (C=O) groups excluding carboxylic acids is 2. The van der Waals surface area contributed by atoms with Crippen molar-refractivity contribution in [3.8, 4) is 23.0 Å². The second-order valence-corrected chi connectivity index (χ2v) is 12.1. The third kappa shape index (κ3) is 5.86. The Morgan fingerprint density at radius 3 is 2.76 bits per heavy atom. The Kier molecular flexibility index (Phi) is 8.28. The molecular formula is C24H23N7O8S3. The number of hydrogen-bond donors (Lipinski definition) is 5. The van der Waals surface area contributed by atoms with Gasteiger partial charge in [-0.3, -0.25) is 14.5 Å². The highest BCUT2D eigenvalue weighted by Gasteiger charge is 2.54. The fraction of sp³-hybridized carbons (Fsp3) is 0.292. The maximum absolute atomic E-state index is 13.1. The number of carboxylic acids is 1. The number of phenolic OH excluding ortho intramolecular Hbond substituents is 2. The van der Waals surface area contributed by atoms with E-state index in [1.807, 2.05) is 0 Å². The predicted octanol–water partition coefficient (Wildman–Crippen LogP) is 1.85. The molecule has 2 atom stereocenters. The molecule has 0 unspecified atom stereocenters. The monoisotopic (exact) mass is 633 g/mol. The third-order valence-corrected chi connectivity index (χ3v) is 8.79. The summed E-state index contributed by atoms with van der Waals surface area (Å²) in [6.07, 6.45) is -0.321. The summed E-state index contributed by atoms with van der Waals surface area (Å²) < 4.78 is 5.60. The number of thioether (sulfide) groups is 2. The molecule has 6 N–H and O–H groups in total. The van der Waals surface area contributed by atoms with Crippen LogP contribution >= 0.6 is 34.9 Å². The van der Waals surface area contributed by atoms with Gasteiger partial charge in [0.1, 0.15) is 28.9 Å². The Bertz CT molecular complexity index is 1620. The van der Waals surface area contributed by atoms with Crippen LogP contribution in [0, 0.1) is 0 Å². The molecule has 220 valence electrons. The minimum absolute atomic E-state index is 0.0943. The van der Waals surface area contributed by atoms with Gasteiger partial charge < -0.3 is 35.6 Å². The second kappa shape index (κ2) is 11.9. The topological polar surface area (TPSA) is 227 Å². The van der Waals surface area contributed by atoms with Crippen molar-refractivity contribution in [2.45, 2.75) is 36.6 Å². The van der Waals surface area contributed by atoms with Gasteiger partial charge in [0.2, 0.25) is 5.89 Å². The standard InChI is InChI=1S/C24H23N7O8S3/c1-9(2)39-30-15(12-8-41-23(25)26-12)18(34)27-16-20(35)31-17(22(36)37)11(6-40-21(16)31)7-42-24-29-28-19(38-24)10-3-4-13(32)14(33)5-10/h3-5,8-9,16,21,32-33H,6-7H2,1-2H3,(H2,25,26)(H,27,34)(H,36,37)/b30-15+/t16-,21-/m1/s1. The van der Waals surface area contributed by atoms with Crippen LogP contribution < -0.4 is 11.1 Å². The number of oxime groups is 1. The number of nitrogen functional groups attached to an aromatic ring is 1. The van der Waals surface area contributed by atoms with Crippen LogP contribution in [0.25, 0.3) is 11.5 Å². The van der Waals surface area contributed by atoms with Crippen LogP contribution in [0.3, 0.4) is 0 Å². The Balaban J connectivity index is 1.28. The van der Waals surface area contributed by atoms with Gasteiger partial charge in [0.25, 0.3) is 17.0 Å². The second-order valence-electron chi connectivity index (χ2n) is 9.15. The number of carboxylic acid groups (broad SMARTS) is 1. The first kappa shape index (κ1) is 29.2. The van der Waals surface area contributed by atoms with E-state index < -0.39 is 29.2 Å². The quantitative estimate of drug-likeness (QED) is 0.0706. The van der Waals surface area contributed by atoms with Crippen LogP contribution in [0.15, 0.2) is 49.6 Å². The van der Waals surface area contributed by atoms with Gasteiger partial charge in [-0.25, -0.2) is 9.78 Å². The molecule has 2 aliphatic rings. The molecular weight excluding hydrogens is 611 g/mol. The number of aromatic nitrogens is 3. The number of carbonyl (C=O) groups is 3. The van der Waals surface area contributed by atoms with Crippen molar-refractivity contribution in [2.75, 3.05) is 17.2 Å². The van der Waals surface area contributed by atoms with Gasteiger partial charge in [-0.1, -0.05) is 16.9 Å². The van der Waals surface area contributed by atoms with E-state index in [9.17, 15) is 29.7 Å². The Labute approximate surface area is 249 Å². The van der Waals surface area contributed by atoms with Gasteiger partial charge in [0, 0.05) is 22.4 Å². The zero-order chi connectivity index (χ0) is 30.1. The number of aromatic hydroxyl groups is 2. The molecule has 1 saturated heterocycles. The van der Waals surface area contributed by atoms with Crippen LogP contribution in [0.1, 0.15) is 19.5 Å². The van der Waals surface area contributed by atoms with Gasteiger partial charge in [-0.2, -0.15) is 0 Å². The summed E-state index contributed by atoms with van der Waals surface area (Å²) in [4.78, 5) is 48.9. The van der Waals surface area contributed by atoms with Gasteiger partial charge in [-0.15, -0.1) is 33.3 Å². The zero-order valence-electron chi connectivity index (χ0n) is 21.9. The lowest BCUT2D eigenvalue weighted by atomic mass is 10.0. The van der Waals surface area contributed by atoms with E-state index in [4.69, 9.17) is 15.0 Å². The van der Waals surface area contributed by atoms with E-state index in [0.29, 0.717) is 11.1 Å². The Hall–Kier alpha value is -4.29. The normalized spacial score (nSPS) is 18.6. The lowest BCUT2D eigenvalue weighted by Crippen LogP contribution is -2.71. The molecule has 15 nitrogen and oxygen atoms in total. The minimum atomic E-state index is -1.29. The maximum Gasteiger partial charge on any atom is 0.352 e. The van der Waals surface area contributed by atoms with Gasteiger partial charge >= 0.3 is 5.97 Å². The largest absolute Gasteiger partial charge is 0.504 e. The van der Waals surface area contributed by atoms with E-state index in [0.717, 1.165) is 28.0 Å². The fourth-order valence-corrected chi connectivity index (χ4v) is 6.75. The third-order valence-electron chi connectivity index (χ3n) is 5.87. The summed E-state index contributed by atoms with van der Waals surface area (Å²) in [7, 11) is 0. The molecule has 2 amide bonds. The Morgan fingerprint density at radius 1 is 1.31 bits per heavy atom. The molecule has 2 aliphatic heterocycles. The van der Waals surface area contributed by atoms with Gasteiger partial charge in [-0.05, 0) is 37.6 Å². The first-order valence-corrected chi connectivity index (χ1v) is 15.1. The molecule has 0 saturated carbocycles. The maximum atomic E-state index is 13.1. The first-order chi connectivity index (χ1) is 20.0. The van der Waals surface area contributed by atoms with Gasteiger partial charge in [0.15, 0.2) is 22.3 Å². The number of phenols is 2. The SMILES string of the molecule is CC(C)O/N=C(/C(=O)N[C@@H]1C(=O)N2C(C(=O)O)=C(CSc3nnc(-c4ccc(O)c(O)c4)o3)CS[C@H]12)c1csc(N)n1. The number of nitrogens with two attached hydrogens (primary N) is 1. The molecule has 5 rings (SSSR count). The van der Waals surface area contributed by atoms with E-state index >= 15 is 0 Å². The van der Waals surface area contributed by atoms with Gasteiger partial charge in [0.05, 0.1) is 0 Å². The molecule has 0 aliphatic carbocycles. The minimum Gasteiger partial charge on any atom is -0.504 e. The first-order valence-electron chi connectivity index (χ1n) is 12.2. The number of rotatable bonds is 10. The van der Waals surface area contributed by atoms with E-state index in [1.54, 1.807) is 13.8 Å². The lowest BCUT2D eigenvalue weighted by Gasteiger charge is -2.49. The number of benzene rings is 1. The summed E-state index contributed by atoms with van der Waals surface area (Å²) in [5.74, 6) is -2.73. The van der Waals surface area contributed by atoms with Crippen LogP contribution in [0.2, 0.25) is 0 Å². The summed E-state index contributed by atoms with van der Waals surface area (Å²) in [5, 5.41) is 44.8. The van der Waals surface area contributed by atoms with Crippen molar-refractivity contribution in [3.05, 3.63) is 40.5 Å². The van der Waals surface area contributed by atoms with Crippen molar-refractivity contribution in [2.24, 2.45) is 5.16 Å². The number of aliphatic carboxylic acids is 1. The van der Waals surface area contributed by atoms with Crippen molar-refractivity contribution in [1.82, 2.24) is 25.4 Å². The summed E-state index contributed by atoms with van der Waals surface area (Å²) in [6.45, 7) is 3.46. The number of fused-ring (bicyclic) bond motifs is 1. The van der Waals surface area contributed by atoms with Crippen LogP contribution in [-0.2, 0) is 19.2 Å². The molecule has 42 heavy (non-hydrogen) atoms. The highest BCUT2D eigenvalue weighted by Crippen LogP contribution is 2.42. The lowest BCUT2D eigenvalue weighted by molar-refractivity contribution is -0.150. The fourth-order valence-electron chi connectivity index (χ4n) is 3.95. The van der Waals surface area contributed by atoms with E-state index in [1.165, 1.54) is 35.3 Å². The average molecular weight is 634 g/mol. The molecule has 1 fully saturated rings. The van der Waals surface area contributed by atoms with E-state index in [2.05, 4.69) is 25.7 Å². The molecule has 0 spiro atoms. The summed E-state index contributed by atoms with van der Waals surface area (Å²) in [5.41, 5.74) is 6.40. The summed E-state index contributed by atoms with van der Waals surface area (Å²) in [6, 6.07) is 3.04.